The van der Waals surface area contributed by atoms with E-state index in [1.807, 2.05) is 36.4 Å². The third-order valence-electron chi connectivity index (χ3n) is 7.00. The van der Waals surface area contributed by atoms with Crippen molar-refractivity contribution in [2.45, 2.75) is 26.3 Å². The Labute approximate surface area is 240 Å². The summed E-state index contributed by atoms with van der Waals surface area (Å²) in [6, 6.07) is 14.2. The SMILES string of the molecule is C=CCc1cc(/C=c2/sc3n(c2=O)[C@@H](c2c(OC)ccc4ccccc24)C(C(=O)OCC)=C(C)N=3)cc(OC)c1O. The van der Waals surface area contributed by atoms with Gasteiger partial charge in [-0.15, -0.1) is 6.58 Å². The number of hydrogen-bond acceptors (Lipinski definition) is 8. The minimum atomic E-state index is -0.834. The van der Waals surface area contributed by atoms with Gasteiger partial charge in [-0.25, -0.2) is 9.79 Å². The topological polar surface area (TPSA) is 99.4 Å². The number of benzene rings is 3. The molecule has 0 unspecified atom stereocenters. The Morgan fingerprint density at radius 2 is 1.90 bits per heavy atom. The molecule has 1 aromatic heterocycles. The van der Waals surface area contributed by atoms with E-state index in [0.29, 0.717) is 49.6 Å². The summed E-state index contributed by atoms with van der Waals surface area (Å²) in [6.45, 7) is 7.43. The third-order valence-corrected chi connectivity index (χ3v) is 7.98. The number of esters is 1. The van der Waals surface area contributed by atoms with Gasteiger partial charge >= 0.3 is 5.97 Å². The zero-order chi connectivity index (χ0) is 29.3. The number of carbonyl (C=O) groups excluding carboxylic acids is 1. The number of ether oxygens (including phenoxy) is 3. The average molecular weight is 571 g/mol. The number of phenols is 1. The number of rotatable bonds is 8. The van der Waals surface area contributed by atoms with Crippen LogP contribution in [0.4, 0.5) is 0 Å². The van der Waals surface area contributed by atoms with Gasteiger partial charge in [-0.1, -0.05) is 47.7 Å². The summed E-state index contributed by atoms with van der Waals surface area (Å²) in [4.78, 5) is 32.7. The van der Waals surface area contributed by atoms with E-state index in [1.165, 1.54) is 18.4 Å². The number of aromatic nitrogens is 1. The first kappa shape index (κ1) is 27.9. The van der Waals surface area contributed by atoms with Gasteiger partial charge in [0.2, 0.25) is 0 Å². The van der Waals surface area contributed by atoms with Crippen LogP contribution in [0.25, 0.3) is 16.8 Å². The average Bonchev–Trinajstić information content (AvgIpc) is 3.27. The Kier molecular flexibility index (Phi) is 7.81. The van der Waals surface area contributed by atoms with Crippen molar-refractivity contribution in [3.05, 3.63) is 109 Å². The van der Waals surface area contributed by atoms with Crippen molar-refractivity contribution in [1.82, 2.24) is 4.57 Å². The highest BCUT2D eigenvalue weighted by molar-refractivity contribution is 7.07. The second-order valence-corrected chi connectivity index (χ2v) is 10.4. The van der Waals surface area contributed by atoms with E-state index in [1.54, 1.807) is 49.8 Å². The monoisotopic (exact) mass is 570 g/mol. The quantitative estimate of drug-likeness (QED) is 0.249. The van der Waals surface area contributed by atoms with Crippen LogP contribution in [0.3, 0.4) is 0 Å². The predicted octanol–water partition coefficient (Wildman–Crippen LogP) is 4.40. The van der Waals surface area contributed by atoms with Crippen molar-refractivity contribution in [2.24, 2.45) is 4.99 Å². The molecule has 4 aromatic rings. The lowest BCUT2D eigenvalue weighted by atomic mass is 9.90. The number of phenolic OH excluding ortho intramolecular Hbond substituents is 1. The fourth-order valence-electron chi connectivity index (χ4n) is 5.19. The summed E-state index contributed by atoms with van der Waals surface area (Å²) in [7, 11) is 3.04. The molecule has 41 heavy (non-hydrogen) atoms. The van der Waals surface area contributed by atoms with E-state index in [0.717, 1.165) is 10.8 Å². The van der Waals surface area contributed by atoms with Crippen LogP contribution in [0.15, 0.2) is 82.2 Å². The standard InChI is InChI=1S/C32H30N2O6S/c1-6-10-21-15-19(16-24(39-5)29(21)35)17-25-30(36)34-28(26(31(37)40-7-2)18(3)33-32(34)41-25)27-22-12-9-8-11-20(22)13-14-23(27)38-4/h6,8-9,11-17,28,35H,1,7,10H2,2-5H3/b25-17+/t28-/m1/s1. The second-order valence-electron chi connectivity index (χ2n) is 9.43. The van der Waals surface area contributed by atoms with E-state index in [9.17, 15) is 14.7 Å². The lowest BCUT2D eigenvalue weighted by molar-refractivity contribution is -0.139. The van der Waals surface area contributed by atoms with E-state index in [2.05, 4.69) is 11.6 Å². The van der Waals surface area contributed by atoms with Gasteiger partial charge in [-0.2, -0.15) is 0 Å². The van der Waals surface area contributed by atoms with Crippen molar-refractivity contribution in [3.8, 4) is 17.2 Å². The smallest absolute Gasteiger partial charge is 0.338 e. The summed E-state index contributed by atoms with van der Waals surface area (Å²) in [5.41, 5.74) is 2.39. The van der Waals surface area contributed by atoms with E-state index in [4.69, 9.17) is 14.2 Å². The Balaban J connectivity index is 1.82. The number of methoxy groups -OCH3 is 2. The molecule has 210 valence electrons. The van der Waals surface area contributed by atoms with E-state index in [-0.39, 0.29) is 23.5 Å². The molecule has 5 rings (SSSR count). The van der Waals surface area contributed by atoms with Crippen molar-refractivity contribution in [2.75, 3.05) is 20.8 Å². The number of carbonyl (C=O) groups is 1. The molecule has 0 aliphatic carbocycles. The van der Waals surface area contributed by atoms with Gasteiger partial charge in [-0.05, 0) is 60.9 Å². The summed E-state index contributed by atoms with van der Waals surface area (Å²) < 4.78 is 18.6. The van der Waals surface area contributed by atoms with Crippen LogP contribution in [0.5, 0.6) is 17.2 Å². The molecule has 2 heterocycles. The Morgan fingerprint density at radius 3 is 2.61 bits per heavy atom. The van der Waals surface area contributed by atoms with Gasteiger partial charge in [0.15, 0.2) is 16.3 Å². The predicted molar refractivity (Wildman–Crippen MR) is 159 cm³/mol. The highest BCUT2D eigenvalue weighted by Crippen LogP contribution is 2.40. The first-order valence-electron chi connectivity index (χ1n) is 13.1. The first-order chi connectivity index (χ1) is 19.8. The molecule has 0 bridgehead atoms. The number of thiazole rings is 1. The van der Waals surface area contributed by atoms with Gasteiger partial charge in [0.25, 0.3) is 5.56 Å². The molecule has 1 aliphatic rings. The second kappa shape index (κ2) is 11.5. The Bertz CT molecular complexity index is 1900. The zero-order valence-electron chi connectivity index (χ0n) is 23.3. The molecule has 3 aromatic carbocycles. The number of hydrogen-bond donors (Lipinski definition) is 1. The van der Waals surface area contributed by atoms with Gasteiger partial charge in [0, 0.05) is 11.1 Å². The lowest BCUT2D eigenvalue weighted by Crippen LogP contribution is -2.40. The molecule has 0 fully saturated rings. The molecule has 1 aliphatic heterocycles. The van der Waals surface area contributed by atoms with Crippen LogP contribution in [0.1, 0.15) is 36.6 Å². The van der Waals surface area contributed by atoms with E-state index < -0.39 is 12.0 Å². The summed E-state index contributed by atoms with van der Waals surface area (Å²) in [6.07, 6.45) is 3.84. The molecular formula is C32H30N2O6S. The first-order valence-corrected chi connectivity index (χ1v) is 13.9. The van der Waals surface area contributed by atoms with Crippen molar-refractivity contribution in [3.63, 3.8) is 0 Å². The zero-order valence-corrected chi connectivity index (χ0v) is 24.1. The number of allylic oxidation sites excluding steroid dienone is 2. The third kappa shape index (κ3) is 4.93. The molecule has 0 saturated carbocycles. The molecule has 0 amide bonds. The minimum Gasteiger partial charge on any atom is -0.504 e. The lowest BCUT2D eigenvalue weighted by Gasteiger charge is -2.27. The summed E-state index contributed by atoms with van der Waals surface area (Å²) in [5.74, 6) is 0.323. The van der Waals surface area contributed by atoms with Crippen molar-refractivity contribution >= 4 is 34.2 Å². The normalized spacial score (nSPS) is 14.9. The molecule has 9 heteroatoms. The maximum atomic E-state index is 14.2. The fourth-order valence-corrected chi connectivity index (χ4v) is 6.24. The van der Waals surface area contributed by atoms with Crippen LogP contribution in [0, 0.1) is 0 Å². The van der Waals surface area contributed by atoms with Crippen LogP contribution < -0.4 is 24.4 Å². The number of nitrogens with zero attached hydrogens (tertiary/aromatic N) is 2. The van der Waals surface area contributed by atoms with E-state index >= 15 is 0 Å². The van der Waals surface area contributed by atoms with Gasteiger partial charge in [0.05, 0.1) is 36.6 Å². The summed E-state index contributed by atoms with van der Waals surface area (Å²) in [5, 5.41) is 12.3. The summed E-state index contributed by atoms with van der Waals surface area (Å²) >= 11 is 1.22. The van der Waals surface area contributed by atoms with Crippen LogP contribution in [-0.4, -0.2) is 36.5 Å². The molecule has 0 radical (unpaired) electrons. The molecule has 0 spiro atoms. The Hall–Kier alpha value is -4.63. The largest absolute Gasteiger partial charge is 0.504 e. The van der Waals surface area contributed by atoms with Crippen LogP contribution in [0.2, 0.25) is 0 Å². The molecule has 8 nitrogen and oxygen atoms in total. The van der Waals surface area contributed by atoms with Crippen LogP contribution >= 0.6 is 11.3 Å². The van der Waals surface area contributed by atoms with Gasteiger partial charge in [-0.3, -0.25) is 9.36 Å². The fraction of sp³-hybridized carbons (Fsp3) is 0.219. The number of fused-ring (bicyclic) bond motifs is 2. The van der Waals surface area contributed by atoms with Gasteiger partial charge < -0.3 is 19.3 Å². The molecule has 1 N–H and O–H groups in total. The van der Waals surface area contributed by atoms with Crippen molar-refractivity contribution < 1.29 is 24.1 Å². The maximum Gasteiger partial charge on any atom is 0.338 e. The van der Waals surface area contributed by atoms with Crippen molar-refractivity contribution in [1.29, 1.82) is 0 Å². The molecule has 1 atom stereocenters. The minimum absolute atomic E-state index is 0.0313. The van der Waals surface area contributed by atoms with Crippen LogP contribution in [-0.2, 0) is 16.0 Å². The highest BCUT2D eigenvalue weighted by atomic mass is 32.1. The maximum absolute atomic E-state index is 14.2. The molecule has 0 saturated heterocycles. The Morgan fingerprint density at radius 1 is 1.15 bits per heavy atom. The molecular weight excluding hydrogens is 540 g/mol. The van der Waals surface area contributed by atoms with Gasteiger partial charge in [0.1, 0.15) is 11.8 Å². The number of aromatic hydroxyl groups is 1. The highest BCUT2D eigenvalue weighted by Gasteiger charge is 2.36.